The first-order valence-corrected chi connectivity index (χ1v) is 11.2. The van der Waals surface area contributed by atoms with Gasteiger partial charge in [-0.2, -0.15) is 0 Å². The van der Waals surface area contributed by atoms with Gasteiger partial charge >= 0.3 is 11.9 Å². The second kappa shape index (κ2) is 11.5. The number of hydrogen-bond acceptors (Lipinski definition) is 8. The van der Waals surface area contributed by atoms with E-state index in [1.54, 1.807) is 0 Å². The van der Waals surface area contributed by atoms with E-state index in [9.17, 15) is 14.7 Å². The lowest BCUT2D eigenvalue weighted by atomic mass is 9.99. The molecule has 8 heteroatoms. The van der Waals surface area contributed by atoms with Crippen molar-refractivity contribution in [3.05, 3.63) is 65.7 Å². The third-order valence-electron chi connectivity index (χ3n) is 4.89. The van der Waals surface area contributed by atoms with E-state index in [0.717, 1.165) is 16.0 Å². The Labute approximate surface area is 192 Å². The zero-order valence-electron chi connectivity index (χ0n) is 18.3. The van der Waals surface area contributed by atoms with Crippen molar-refractivity contribution in [2.24, 2.45) is 0 Å². The molecule has 0 saturated carbocycles. The second-order valence-corrected chi connectivity index (χ2v) is 8.78. The number of aliphatic hydroxyl groups is 1. The summed E-state index contributed by atoms with van der Waals surface area (Å²) in [6.07, 6.45) is -4.08. The number of esters is 2. The predicted molar refractivity (Wildman–Crippen MR) is 119 cm³/mol. The molecule has 3 rings (SSSR count). The number of aliphatic hydroxyl groups excluding tert-OH is 1. The third-order valence-corrected chi connectivity index (χ3v) is 6.05. The molecule has 1 aliphatic heterocycles. The Morgan fingerprint density at radius 2 is 1.59 bits per heavy atom. The van der Waals surface area contributed by atoms with Crippen LogP contribution >= 0.6 is 11.8 Å². The molecule has 1 aliphatic rings. The van der Waals surface area contributed by atoms with Crippen LogP contribution in [0.1, 0.15) is 25.0 Å². The van der Waals surface area contributed by atoms with Crippen LogP contribution in [0.3, 0.4) is 0 Å². The van der Waals surface area contributed by atoms with Gasteiger partial charge in [0, 0.05) is 18.7 Å². The maximum atomic E-state index is 11.8. The van der Waals surface area contributed by atoms with Gasteiger partial charge in [0.05, 0.1) is 13.2 Å². The zero-order chi connectivity index (χ0) is 23.1. The highest BCUT2D eigenvalue weighted by molar-refractivity contribution is 7.99. The van der Waals surface area contributed by atoms with E-state index >= 15 is 0 Å². The van der Waals surface area contributed by atoms with E-state index < -0.39 is 41.8 Å². The van der Waals surface area contributed by atoms with E-state index in [1.807, 2.05) is 61.5 Å². The number of carbonyl (C=O) groups is 2. The Hall–Kier alpha value is -2.39. The van der Waals surface area contributed by atoms with Crippen LogP contribution in [0.25, 0.3) is 0 Å². The van der Waals surface area contributed by atoms with Crippen molar-refractivity contribution in [1.82, 2.24) is 0 Å². The monoisotopic (exact) mass is 460 g/mol. The normalized spacial score (nSPS) is 25.2. The van der Waals surface area contributed by atoms with Gasteiger partial charge in [0.25, 0.3) is 0 Å². The third kappa shape index (κ3) is 6.80. The molecular formula is C24H28O7S. The number of carbonyl (C=O) groups excluding carboxylic acids is 2. The molecule has 32 heavy (non-hydrogen) atoms. The molecule has 2 aromatic rings. The van der Waals surface area contributed by atoms with Gasteiger partial charge < -0.3 is 24.1 Å². The molecule has 172 valence electrons. The molecular weight excluding hydrogens is 432 g/mol. The number of benzene rings is 2. The average molecular weight is 461 g/mol. The number of thioether (sulfide) groups is 1. The van der Waals surface area contributed by atoms with Gasteiger partial charge in [0.2, 0.25) is 0 Å². The highest BCUT2D eigenvalue weighted by Crippen LogP contribution is 2.36. The minimum absolute atomic E-state index is 0.0750. The van der Waals surface area contributed by atoms with E-state index in [0.29, 0.717) is 6.61 Å². The molecule has 7 nitrogen and oxygen atoms in total. The molecule has 1 heterocycles. The second-order valence-electron chi connectivity index (χ2n) is 7.61. The summed E-state index contributed by atoms with van der Waals surface area (Å²) in [5, 5.41) is 10.9. The summed E-state index contributed by atoms with van der Waals surface area (Å²) in [7, 11) is 0. The summed E-state index contributed by atoms with van der Waals surface area (Å²) < 4.78 is 22.7. The number of aryl methyl sites for hydroxylation is 1. The first kappa shape index (κ1) is 24.3. The summed E-state index contributed by atoms with van der Waals surface area (Å²) in [6, 6.07) is 17.4. The maximum Gasteiger partial charge on any atom is 0.303 e. The molecule has 0 spiro atoms. The van der Waals surface area contributed by atoms with Crippen molar-refractivity contribution in [2.45, 2.75) is 62.1 Å². The molecule has 1 N–H and O–H groups in total. The van der Waals surface area contributed by atoms with Crippen molar-refractivity contribution < 1.29 is 33.6 Å². The van der Waals surface area contributed by atoms with Crippen LogP contribution in [0, 0.1) is 6.92 Å². The summed E-state index contributed by atoms with van der Waals surface area (Å²) in [4.78, 5) is 24.4. The molecule has 0 radical (unpaired) electrons. The van der Waals surface area contributed by atoms with Crippen molar-refractivity contribution in [2.75, 3.05) is 6.61 Å². The average Bonchev–Trinajstić information content (AvgIpc) is 2.75. The lowest BCUT2D eigenvalue weighted by Crippen LogP contribution is -2.60. The van der Waals surface area contributed by atoms with Crippen LogP contribution in [-0.4, -0.2) is 53.5 Å². The fourth-order valence-corrected chi connectivity index (χ4v) is 4.49. The van der Waals surface area contributed by atoms with Crippen molar-refractivity contribution in [3.63, 3.8) is 0 Å². The summed E-state index contributed by atoms with van der Waals surface area (Å²) >= 11 is 1.33. The number of rotatable bonds is 8. The summed E-state index contributed by atoms with van der Waals surface area (Å²) in [6.45, 7) is 4.91. The van der Waals surface area contributed by atoms with Crippen LogP contribution < -0.4 is 0 Å². The van der Waals surface area contributed by atoms with Gasteiger partial charge in [0.15, 0.2) is 12.2 Å². The minimum atomic E-state index is -1.23. The molecule has 5 atom stereocenters. The predicted octanol–water partition coefficient (Wildman–Crippen LogP) is 3.25. The smallest absolute Gasteiger partial charge is 0.303 e. The summed E-state index contributed by atoms with van der Waals surface area (Å²) in [5.74, 6) is -1.15. The van der Waals surface area contributed by atoms with Crippen LogP contribution in [0.15, 0.2) is 59.5 Å². The van der Waals surface area contributed by atoms with Crippen molar-refractivity contribution >= 4 is 23.7 Å². The zero-order valence-corrected chi connectivity index (χ0v) is 19.1. The van der Waals surface area contributed by atoms with E-state index in [2.05, 4.69) is 0 Å². The van der Waals surface area contributed by atoms with Crippen LogP contribution in [0.2, 0.25) is 0 Å². The summed E-state index contributed by atoms with van der Waals surface area (Å²) in [5.41, 5.74) is 1.38. The standard InChI is InChI=1S/C24H28O7S/c1-15-9-11-19(12-10-15)32-24-23(30-17(3)26)22(29-16(2)25)21(27)20(31-24)14-28-13-18-7-5-4-6-8-18/h4-12,20-24,27H,13-14H2,1-3H3/t20-,21-,22+,23+,24-/m1/s1. The quantitative estimate of drug-likeness (QED) is 0.601. The molecule has 2 aromatic carbocycles. The topological polar surface area (TPSA) is 91.3 Å². The number of hydrogen-bond donors (Lipinski definition) is 1. The van der Waals surface area contributed by atoms with Crippen LogP contribution in [0.4, 0.5) is 0 Å². The lowest BCUT2D eigenvalue weighted by molar-refractivity contribution is -0.231. The SMILES string of the molecule is CC(=O)O[C@H]1[C@H](O)[C@@H](COCc2ccccc2)O[C@H](Sc2ccc(C)cc2)[C@H]1OC(C)=O. The Bertz CT molecular complexity index is 887. The fourth-order valence-electron chi connectivity index (χ4n) is 3.38. The highest BCUT2D eigenvalue weighted by Gasteiger charge is 2.49. The van der Waals surface area contributed by atoms with Gasteiger partial charge in [-0.05, 0) is 24.6 Å². The van der Waals surface area contributed by atoms with Gasteiger partial charge in [-0.1, -0.05) is 59.8 Å². The van der Waals surface area contributed by atoms with Crippen LogP contribution in [-0.2, 0) is 35.1 Å². The van der Waals surface area contributed by atoms with Gasteiger partial charge in [-0.3, -0.25) is 9.59 Å². The van der Waals surface area contributed by atoms with Gasteiger partial charge in [0.1, 0.15) is 17.6 Å². The molecule has 1 saturated heterocycles. The Balaban J connectivity index is 1.78. The largest absolute Gasteiger partial charge is 0.456 e. The maximum absolute atomic E-state index is 11.8. The van der Waals surface area contributed by atoms with Crippen molar-refractivity contribution in [1.29, 1.82) is 0 Å². The molecule has 1 fully saturated rings. The van der Waals surface area contributed by atoms with E-state index in [4.69, 9.17) is 18.9 Å². The fraction of sp³-hybridized carbons (Fsp3) is 0.417. The Morgan fingerprint density at radius 3 is 2.22 bits per heavy atom. The van der Waals surface area contributed by atoms with E-state index in [1.165, 1.54) is 25.6 Å². The Morgan fingerprint density at radius 1 is 0.969 bits per heavy atom. The molecule has 0 amide bonds. The molecule has 0 aromatic heterocycles. The van der Waals surface area contributed by atoms with Crippen molar-refractivity contribution in [3.8, 4) is 0 Å². The molecule has 0 unspecified atom stereocenters. The Kier molecular flexibility index (Phi) is 8.69. The minimum Gasteiger partial charge on any atom is -0.456 e. The van der Waals surface area contributed by atoms with E-state index in [-0.39, 0.29) is 6.61 Å². The first-order valence-electron chi connectivity index (χ1n) is 10.4. The van der Waals surface area contributed by atoms with Gasteiger partial charge in [-0.15, -0.1) is 0 Å². The van der Waals surface area contributed by atoms with Gasteiger partial charge in [-0.25, -0.2) is 0 Å². The first-order chi connectivity index (χ1) is 15.3. The lowest BCUT2D eigenvalue weighted by Gasteiger charge is -2.43. The molecule has 0 bridgehead atoms. The molecule has 0 aliphatic carbocycles. The number of ether oxygens (including phenoxy) is 4. The highest BCUT2D eigenvalue weighted by atomic mass is 32.2. The van der Waals surface area contributed by atoms with Crippen LogP contribution in [0.5, 0.6) is 0 Å².